The van der Waals surface area contributed by atoms with E-state index in [1.165, 1.54) is 39.3 Å². The lowest BCUT2D eigenvalue weighted by atomic mass is 9.95. The number of hydrogen-bond acceptors (Lipinski definition) is 11. The van der Waals surface area contributed by atoms with E-state index in [1.807, 2.05) is 61.5 Å². The van der Waals surface area contributed by atoms with Crippen LogP contribution in [0.15, 0.2) is 88.5 Å². The van der Waals surface area contributed by atoms with Gasteiger partial charge in [-0.15, -0.1) is 21.5 Å². The molecule has 47 heavy (non-hydrogen) atoms. The summed E-state index contributed by atoms with van der Waals surface area (Å²) in [7, 11) is 0. The molecule has 0 bridgehead atoms. The lowest BCUT2D eigenvalue weighted by molar-refractivity contribution is -0.117. The van der Waals surface area contributed by atoms with E-state index in [0.717, 1.165) is 11.1 Å². The summed E-state index contributed by atoms with van der Waals surface area (Å²) >= 11 is 10.2. The van der Waals surface area contributed by atoms with E-state index in [-0.39, 0.29) is 10.7 Å². The molecule has 2 aromatic heterocycles. The maximum absolute atomic E-state index is 14.1. The fourth-order valence-corrected chi connectivity index (χ4v) is 8.17. The summed E-state index contributed by atoms with van der Waals surface area (Å²) in [6.07, 6.45) is 0. The van der Waals surface area contributed by atoms with Crippen LogP contribution in [0.1, 0.15) is 50.0 Å². The monoisotopic (exact) mass is 704 g/mol. The molecule has 240 valence electrons. The Kier molecular flexibility index (Phi) is 9.92. The van der Waals surface area contributed by atoms with Gasteiger partial charge in [-0.1, -0.05) is 89.3 Å². The van der Waals surface area contributed by atoms with Gasteiger partial charge in [0.15, 0.2) is 21.6 Å². The average molecular weight is 705 g/mol. The maximum Gasteiger partial charge on any atom is 0.296 e. The minimum absolute atomic E-state index is 0.0670. The van der Waals surface area contributed by atoms with Gasteiger partial charge in [-0.25, -0.2) is 4.98 Å². The van der Waals surface area contributed by atoms with Crippen LogP contribution in [0.4, 0.5) is 5.13 Å². The van der Waals surface area contributed by atoms with Crippen molar-refractivity contribution in [3.8, 4) is 11.5 Å². The second kappa shape index (κ2) is 14.3. The third-order valence-electron chi connectivity index (χ3n) is 7.29. The zero-order valence-electron chi connectivity index (χ0n) is 25.6. The van der Waals surface area contributed by atoms with Crippen molar-refractivity contribution in [2.75, 3.05) is 11.5 Å². The number of benzene rings is 3. The number of amides is 1. The molecule has 13 heteroatoms. The van der Waals surface area contributed by atoms with E-state index in [1.54, 1.807) is 32.0 Å². The van der Waals surface area contributed by atoms with Gasteiger partial charge < -0.3 is 14.6 Å². The number of thiazole rings is 1. The third-order valence-corrected chi connectivity index (χ3v) is 10.8. The average Bonchev–Trinajstić information content (AvgIpc) is 3.75. The van der Waals surface area contributed by atoms with Crippen molar-refractivity contribution in [2.45, 2.75) is 43.5 Å². The summed E-state index contributed by atoms with van der Waals surface area (Å²) in [6.45, 7) is 6.07. The zero-order chi connectivity index (χ0) is 33.1. The highest BCUT2D eigenvalue weighted by Gasteiger charge is 2.47. The Labute approximate surface area is 288 Å². The summed E-state index contributed by atoms with van der Waals surface area (Å²) in [5.74, 6) is -0.395. The van der Waals surface area contributed by atoms with E-state index in [2.05, 4.69) is 15.2 Å². The van der Waals surface area contributed by atoms with Crippen molar-refractivity contribution in [3.63, 3.8) is 0 Å². The fourth-order valence-electron chi connectivity index (χ4n) is 5.14. The van der Waals surface area contributed by atoms with Gasteiger partial charge in [0, 0.05) is 10.8 Å². The van der Waals surface area contributed by atoms with Gasteiger partial charge in [0.25, 0.3) is 5.91 Å². The largest absolute Gasteiger partial charge is 0.503 e. The molecule has 0 radical (unpaired) electrons. The summed E-state index contributed by atoms with van der Waals surface area (Å²) < 4.78 is 12.7. The van der Waals surface area contributed by atoms with Crippen LogP contribution in [0.2, 0.25) is 5.02 Å². The van der Waals surface area contributed by atoms with Crippen molar-refractivity contribution < 1.29 is 24.2 Å². The first-order valence-electron chi connectivity index (χ1n) is 14.6. The molecule has 1 unspecified atom stereocenters. The summed E-state index contributed by atoms with van der Waals surface area (Å²) in [4.78, 5) is 34.0. The molecular formula is C34H29ClN4O5S3. The SMILES string of the molecule is CCOc1cc(C2C(C(=O)c3sc(C)nc3C)=C(O)C(=O)N2c2nnc(SCc3ccccc3Cl)s2)ccc1OCc1ccccc1. The number of aliphatic hydroxyl groups excluding tert-OH is 1. The van der Waals surface area contributed by atoms with Crippen LogP contribution in [-0.4, -0.2) is 38.6 Å². The number of aryl methyl sites for hydroxylation is 2. The molecule has 3 aromatic carbocycles. The molecular weight excluding hydrogens is 676 g/mol. The van der Waals surface area contributed by atoms with Gasteiger partial charge in [0.05, 0.1) is 33.8 Å². The second-order valence-electron chi connectivity index (χ2n) is 10.5. The standard InChI is InChI=1S/C34H29ClN4O5S3/c1-4-43-26-16-22(14-15-25(26)44-17-21-10-6-5-7-11-21)28-27(29(40)31-19(2)36-20(3)46-31)30(41)32(42)39(28)33-37-38-34(47-33)45-18-23-12-8-9-13-24(23)35/h5-16,28,41H,4,17-18H2,1-3H3. The summed E-state index contributed by atoms with van der Waals surface area (Å²) in [5.41, 5.74) is 2.91. The Morgan fingerprint density at radius 3 is 2.49 bits per heavy atom. The summed E-state index contributed by atoms with van der Waals surface area (Å²) in [6, 6.07) is 21.5. The van der Waals surface area contributed by atoms with Crippen molar-refractivity contribution >= 4 is 62.9 Å². The Balaban J connectivity index is 1.38. The molecule has 0 fully saturated rings. The topological polar surface area (TPSA) is 115 Å². The molecule has 1 aliphatic rings. The van der Waals surface area contributed by atoms with Crippen LogP contribution in [0.25, 0.3) is 0 Å². The molecule has 0 aliphatic carbocycles. The first-order chi connectivity index (χ1) is 22.7. The van der Waals surface area contributed by atoms with Crippen LogP contribution >= 0.6 is 46.0 Å². The van der Waals surface area contributed by atoms with Crippen LogP contribution in [0.5, 0.6) is 11.5 Å². The van der Waals surface area contributed by atoms with Gasteiger partial charge in [-0.3, -0.25) is 14.5 Å². The number of aliphatic hydroxyl groups is 1. The maximum atomic E-state index is 14.1. The molecule has 1 atom stereocenters. The highest BCUT2D eigenvalue weighted by Crippen LogP contribution is 2.46. The minimum atomic E-state index is -1.02. The molecule has 1 aliphatic heterocycles. The van der Waals surface area contributed by atoms with E-state index in [4.69, 9.17) is 21.1 Å². The number of carbonyl (C=O) groups is 2. The van der Waals surface area contributed by atoms with Gasteiger partial charge in [-0.2, -0.15) is 0 Å². The quantitative estimate of drug-likeness (QED) is 0.0778. The molecule has 1 N–H and O–H groups in total. The number of hydrogen-bond donors (Lipinski definition) is 1. The number of anilines is 1. The molecule has 0 saturated heterocycles. The Hall–Kier alpha value is -4.23. The number of ketones is 1. The lowest BCUT2D eigenvalue weighted by Crippen LogP contribution is -2.31. The minimum Gasteiger partial charge on any atom is -0.503 e. The Morgan fingerprint density at radius 1 is 1.00 bits per heavy atom. The molecule has 3 heterocycles. The molecule has 0 saturated carbocycles. The molecule has 9 nitrogen and oxygen atoms in total. The van der Waals surface area contributed by atoms with E-state index in [0.29, 0.717) is 61.0 Å². The number of halogens is 1. The summed E-state index contributed by atoms with van der Waals surface area (Å²) in [5, 5.41) is 21.5. The van der Waals surface area contributed by atoms with Crippen LogP contribution in [0.3, 0.4) is 0 Å². The van der Waals surface area contributed by atoms with Crippen molar-refractivity contribution in [3.05, 3.63) is 121 Å². The van der Waals surface area contributed by atoms with Crippen molar-refractivity contribution in [1.82, 2.24) is 15.2 Å². The van der Waals surface area contributed by atoms with Crippen LogP contribution in [-0.2, 0) is 17.2 Å². The van der Waals surface area contributed by atoms with Crippen LogP contribution < -0.4 is 14.4 Å². The molecule has 0 spiro atoms. The van der Waals surface area contributed by atoms with Gasteiger partial charge in [-0.05, 0) is 55.7 Å². The number of carbonyl (C=O) groups excluding carboxylic acids is 2. The van der Waals surface area contributed by atoms with E-state index in [9.17, 15) is 14.7 Å². The highest BCUT2D eigenvalue weighted by molar-refractivity contribution is 8.00. The van der Waals surface area contributed by atoms with Gasteiger partial charge >= 0.3 is 0 Å². The second-order valence-corrected chi connectivity index (χ2v) is 14.2. The Morgan fingerprint density at radius 2 is 1.77 bits per heavy atom. The zero-order valence-corrected chi connectivity index (χ0v) is 28.8. The Bertz CT molecular complexity index is 1980. The first-order valence-corrected chi connectivity index (χ1v) is 17.6. The van der Waals surface area contributed by atoms with Gasteiger partial charge in [0.1, 0.15) is 6.61 Å². The van der Waals surface area contributed by atoms with Crippen molar-refractivity contribution in [2.24, 2.45) is 0 Å². The number of rotatable bonds is 12. The number of nitrogens with zero attached hydrogens (tertiary/aromatic N) is 4. The number of Topliss-reactive ketones (excluding diaryl/α,β-unsaturated/α-hetero) is 1. The van der Waals surface area contributed by atoms with E-state index < -0.39 is 23.5 Å². The predicted molar refractivity (Wildman–Crippen MR) is 185 cm³/mol. The fraction of sp³-hybridized carbons (Fsp3) is 0.206. The molecule has 6 rings (SSSR count). The van der Waals surface area contributed by atoms with E-state index >= 15 is 0 Å². The smallest absolute Gasteiger partial charge is 0.296 e. The van der Waals surface area contributed by atoms with Gasteiger partial charge in [0.2, 0.25) is 10.9 Å². The predicted octanol–water partition coefficient (Wildman–Crippen LogP) is 8.32. The number of aromatic nitrogens is 3. The molecule has 5 aromatic rings. The van der Waals surface area contributed by atoms with Crippen molar-refractivity contribution in [1.29, 1.82) is 0 Å². The molecule has 1 amide bonds. The first kappa shape index (κ1) is 32.7. The lowest BCUT2D eigenvalue weighted by Gasteiger charge is -2.25. The van der Waals surface area contributed by atoms with Crippen LogP contribution in [0, 0.1) is 13.8 Å². The normalized spacial score (nSPS) is 14.6. The third kappa shape index (κ3) is 6.91. The highest BCUT2D eigenvalue weighted by atomic mass is 35.5. The number of ether oxygens (including phenoxy) is 2. The number of thioether (sulfide) groups is 1.